The second-order valence-corrected chi connectivity index (χ2v) is 3.65. The van der Waals surface area contributed by atoms with Crippen molar-refractivity contribution in [3.63, 3.8) is 0 Å². The second-order valence-electron chi connectivity index (χ2n) is 3.65. The molecule has 1 heterocycles. The molecule has 0 aromatic carbocycles. The van der Waals surface area contributed by atoms with E-state index in [1.165, 1.54) is 0 Å². The smallest absolute Gasteiger partial charge is 0.237 e. The molecular formula is C9H18N4O2. The number of hydrogen-bond acceptors (Lipinski definition) is 4. The molecule has 6 nitrogen and oxygen atoms in total. The Morgan fingerprint density at radius 2 is 2.07 bits per heavy atom. The summed E-state index contributed by atoms with van der Waals surface area (Å²) in [5.74, 6) is -0.661. The van der Waals surface area contributed by atoms with Crippen LogP contribution in [0.4, 0.5) is 0 Å². The van der Waals surface area contributed by atoms with Gasteiger partial charge in [0.25, 0.3) is 0 Å². The number of carbonyl (C=O) groups is 2. The van der Waals surface area contributed by atoms with Crippen LogP contribution in [0.3, 0.4) is 0 Å². The molecule has 15 heavy (non-hydrogen) atoms. The lowest BCUT2D eigenvalue weighted by Gasteiger charge is -2.31. The quantitative estimate of drug-likeness (QED) is 0.499. The Bertz CT molecular complexity index is 238. The van der Waals surface area contributed by atoms with Crippen molar-refractivity contribution in [2.45, 2.75) is 13.0 Å². The molecule has 0 saturated carbocycles. The molecule has 0 aromatic rings. The second kappa shape index (κ2) is 5.67. The number of nitrogens with two attached hydrogens (primary N) is 1. The first-order valence-corrected chi connectivity index (χ1v) is 5.12. The number of primary amides is 1. The molecule has 1 atom stereocenters. The molecule has 0 bridgehead atoms. The van der Waals surface area contributed by atoms with Gasteiger partial charge in [0.15, 0.2) is 0 Å². The fraction of sp³-hybridized carbons (Fsp3) is 0.778. The van der Waals surface area contributed by atoms with Crippen molar-refractivity contribution < 1.29 is 9.59 Å². The lowest BCUT2D eigenvalue weighted by Crippen LogP contribution is -2.53. The summed E-state index contributed by atoms with van der Waals surface area (Å²) in [7, 11) is 0. The van der Waals surface area contributed by atoms with Crippen LogP contribution in [0.5, 0.6) is 0 Å². The van der Waals surface area contributed by atoms with Crippen LogP contribution in [-0.2, 0) is 9.59 Å². The molecule has 0 spiro atoms. The maximum atomic E-state index is 11.6. The first kappa shape index (κ1) is 11.9. The molecule has 2 amide bonds. The average Bonchev–Trinajstić information content (AvgIpc) is 2.26. The molecule has 0 aliphatic carbocycles. The van der Waals surface area contributed by atoms with Gasteiger partial charge >= 0.3 is 0 Å². The highest BCUT2D eigenvalue weighted by Crippen LogP contribution is 2.00. The summed E-state index contributed by atoms with van der Waals surface area (Å²) in [6.07, 6.45) is 0. The van der Waals surface area contributed by atoms with Crippen LogP contribution >= 0.6 is 0 Å². The van der Waals surface area contributed by atoms with Crippen LogP contribution in [0.1, 0.15) is 6.92 Å². The molecule has 0 aromatic heterocycles. The van der Waals surface area contributed by atoms with Crippen molar-refractivity contribution in [3.05, 3.63) is 0 Å². The Kier molecular flexibility index (Phi) is 4.51. The molecule has 1 fully saturated rings. The van der Waals surface area contributed by atoms with E-state index in [-0.39, 0.29) is 18.5 Å². The Morgan fingerprint density at radius 3 is 2.60 bits per heavy atom. The minimum atomic E-state index is -0.518. The molecule has 1 rings (SSSR count). The van der Waals surface area contributed by atoms with Gasteiger partial charge in [-0.2, -0.15) is 0 Å². The summed E-state index contributed by atoms with van der Waals surface area (Å²) in [6.45, 7) is 5.24. The minimum absolute atomic E-state index is 0.0880. The van der Waals surface area contributed by atoms with Crippen LogP contribution in [0.15, 0.2) is 0 Å². The molecule has 4 N–H and O–H groups in total. The Labute approximate surface area is 89.2 Å². The molecule has 1 aliphatic rings. The Morgan fingerprint density at radius 1 is 1.47 bits per heavy atom. The fourth-order valence-corrected chi connectivity index (χ4v) is 1.56. The first-order chi connectivity index (χ1) is 7.11. The lowest BCUT2D eigenvalue weighted by atomic mass is 10.2. The summed E-state index contributed by atoms with van der Waals surface area (Å²) in [4.78, 5) is 24.1. The van der Waals surface area contributed by atoms with Gasteiger partial charge in [-0.1, -0.05) is 0 Å². The average molecular weight is 214 g/mol. The Hall–Kier alpha value is -1.14. The topological polar surface area (TPSA) is 87.5 Å². The van der Waals surface area contributed by atoms with E-state index in [1.807, 2.05) is 6.92 Å². The molecule has 1 unspecified atom stereocenters. The van der Waals surface area contributed by atoms with Crippen LogP contribution in [0, 0.1) is 0 Å². The maximum Gasteiger partial charge on any atom is 0.237 e. The van der Waals surface area contributed by atoms with E-state index >= 15 is 0 Å². The summed E-state index contributed by atoms with van der Waals surface area (Å²) < 4.78 is 0. The van der Waals surface area contributed by atoms with E-state index in [4.69, 9.17) is 5.73 Å². The maximum absolute atomic E-state index is 11.6. The SMILES string of the molecule is CC(C(=O)NCC(N)=O)N1CCNCC1. The van der Waals surface area contributed by atoms with E-state index in [0.29, 0.717) is 0 Å². The van der Waals surface area contributed by atoms with E-state index in [2.05, 4.69) is 15.5 Å². The van der Waals surface area contributed by atoms with E-state index in [0.717, 1.165) is 26.2 Å². The molecule has 0 radical (unpaired) electrons. The Balaban J connectivity index is 2.33. The number of nitrogens with one attached hydrogen (secondary N) is 2. The van der Waals surface area contributed by atoms with Crippen LogP contribution in [0.2, 0.25) is 0 Å². The molecular weight excluding hydrogens is 196 g/mol. The standard InChI is InChI=1S/C9H18N4O2/c1-7(9(15)12-6-8(10)14)13-4-2-11-3-5-13/h7,11H,2-6H2,1H3,(H2,10,14)(H,12,15). The molecule has 86 valence electrons. The van der Waals surface area contributed by atoms with Gasteiger partial charge in [0.05, 0.1) is 12.6 Å². The van der Waals surface area contributed by atoms with Gasteiger partial charge in [0.2, 0.25) is 11.8 Å². The third-order valence-electron chi connectivity index (χ3n) is 2.52. The number of amides is 2. The number of hydrogen-bond donors (Lipinski definition) is 3. The third kappa shape index (κ3) is 3.85. The van der Waals surface area contributed by atoms with Crippen molar-refractivity contribution in [2.24, 2.45) is 5.73 Å². The van der Waals surface area contributed by atoms with Gasteiger partial charge < -0.3 is 16.4 Å². The van der Waals surface area contributed by atoms with Gasteiger partial charge in [-0.3, -0.25) is 14.5 Å². The highest BCUT2D eigenvalue weighted by molar-refractivity contribution is 5.86. The normalized spacial score (nSPS) is 19.5. The largest absolute Gasteiger partial charge is 0.368 e. The third-order valence-corrected chi connectivity index (χ3v) is 2.52. The number of nitrogens with zero attached hydrogens (tertiary/aromatic N) is 1. The zero-order valence-electron chi connectivity index (χ0n) is 8.95. The van der Waals surface area contributed by atoms with Crippen molar-refractivity contribution in [3.8, 4) is 0 Å². The van der Waals surface area contributed by atoms with Crippen LogP contribution < -0.4 is 16.4 Å². The number of rotatable bonds is 4. The first-order valence-electron chi connectivity index (χ1n) is 5.12. The predicted molar refractivity (Wildman–Crippen MR) is 56.1 cm³/mol. The van der Waals surface area contributed by atoms with E-state index in [9.17, 15) is 9.59 Å². The van der Waals surface area contributed by atoms with Crippen molar-refractivity contribution in [1.29, 1.82) is 0 Å². The highest BCUT2D eigenvalue weighted by atomic mass is 16.2. The van der Waals surface area contributed by atoms with Gasteiger partial charge in [0, 0.05) is 26.2 Å². The number of piperazine rings is 1. The van der Waals surface area contributed by atoms with Crippen LogP contribution in [0.25, 0.3) is 0 Å². The zero-order chi connectivity index (χ0) is 11.3. The van der Waals surface area contributed by atoms with Gasteiger partial charge in [-0.15, -0.1) is 0 Å². The summed E-state index contributed by atoms with van der Waals surface area (Å²) in [5, 5.41) is 5.71. The summed E-state index contributed by atoms with van der Waals surface area (Å²) >= 11 is 0. The van der Waals surface area contributed by atoms with E-state index in [1.54, 1.807) is 0 Å². The van der Waals surface area contributed by atoms with Gasteiger partial charge in [0.1, 0.15) is 0 Å². The van der Waals surface area contributed by atoms with Crippen LogP contribution in [-0.4, -0.2) is 55.5 Å². The molecule has 1 saturated heterocycles. The molecule has 1 aliphatic heterocycles. The summed E-state index contributed by atoms with van der Waals surface area (Å²) in [5.41, 5.74) is 4.94. The molecule has 6 heteroatoms. The summed E-state index contributed by atoms with van der Waals surface area (Å²) in [6, 6.07) is -0.202. The van der Waals surface area contributed by atoms with Gasteiger partial charge in [-0.05, 0) is 6.92 Å². The monoisotopic (exact) mass is 214 g/mol. The fourth-order valence-electron chi connectivity index (χ4n) is 1.56. The van der Waals surface area contributed by atoms with Crippen molar-refractivity contribution in [1.82, 2.24) is 15.5 Å². The predicted octanol–water partition coefficient (Wildman–Crippen LogP) is -2.12. The minimum Gasteiger partial charge on any atom is -0.368 e. The number of carbonyl (C=O) groups excluding carboxylic acids is 2. The highest BCUT2D eigenvalue weighted by Gasteiger charge is 2.22. The van der Waals surface area contributed by atoms with Crippen molar-refractivity contribution in [2.75, 3.05) is 32.7 Å². The van der Waals surface area contributed by atoms with Gasteiger partial charge in [-0.25, -0.2) is 0 Å². The zero-order valence-corrected chi connectivity index (χ0v) is 8.95. The van der Waals surface area contributed by atoms with E-state index < -0.39 is 5.91 Å². The van der Waals surface area contributed by atoms with Crippen molar-refractivity contribution >= 4 is 11.8 Å². The lowest BCUT2D eigenvalue weighted by molar-refractivity contribution is -0.128.